The lowest BCUT2D eigenvalue weighted by atomic mass is 9.84. The lowest BCUT2D eigenvalue weighted by Gasteiger charge is -2.33. The Morgan fingerprint density at radius 3 is 2.39 bits per heavy atom. The van der Waals surface area contributed by atoms with Crippen molar-refractivity contribution in [2.24, 2.45) is 11.3 Å². The van der Waals surface area contributed by atoms with Crippen molar-refractivity contribution in [3.63, 3.8) is 0 Å². The minimum Gasteiger partial charge on any atom is -0.432 e. The lowest BCUT2D eigenvalue weighted by molar-refractivity contribution is -0.162. The summed E-state index contributed by atoms with van der Waals surface area (Å²) in [4.78, 5) is 44.6. The van der Waals surface area contributed by atoms with E-state index in [4.69, 9.17) is 9.47 Å². The van der Waals surface area contributed by atoms with Gasteiger partial charge in [0, 0.05) is 26.2 Å². The van der Waals surface area contributed by atoms with Gasteiger partial charge >= 0.3 is 5.97 Å². The molecule has 1 fully saturated rings. The zero-order valence-corrected chi connectivity index (χ0v) is 26.8. The van der Waals surface area contributed by atoms with Crippen LogP contribution in [0.1, 0.15) is 77.1 Å². The second kappa shape index (κ2) is 13.7. The molecule has 2 N–H and O–H groups in total. The van der Waals surface area contributed by atoms with E-state index in [1.54, 1.807) is 26.2 Å². The molecule has 1 aromatic heterocycles. The Labute approximate surface area is 261 Å². The second-order valence-corrected chi connectivity index (χ2v) is 13.2. The minimum absolute atomic E-state index is 0.309. The van der Waals surface area contributed by atoms with Crippen LogP contribution in [0.25, 0.3) is 11.1 Å². The third-order valence-electron chi connectivity index (χ3n) is 7.96. The van der Waals surface area contributed by atoms with Crippen LogP contribution in [0.4, 0.5) is 0 Å². The summed E-state index contributed by atoms with van der Waals surface area (Å²) in [5.74, 6) is -3.29. The molecule has 0 radical (unpaired) electrons. The molecule has 4 rings (SSSR count). The number of nitrogens with zero attached hydrogens (tertiary/aromatic N) is 1. The molecule has 44 heavy (non-hydrogen) atoms. The van der Waals surface area contributed by atoms with Gasteiger partial charge in [0.25, 0.3) is 0 Å². The standard InChI is InChI=1S/C36H45N3O5/c1-23-13-10-16-26(21-23)28-18-9-8-14-25(28)15-11-19-29(30-34(42)44-36(6,7)43-30)32(40)39-31(35(3,4)5)33(41)38-24(2)27-17-12-20-37-22-27/h8-10,12-14,16-18,20-22,24,29-31H,11,15,19H2,1-7H3,(H,38,41)(H,39,40). The summed E-state index contributed by atoms with van der Waals surface area (Å²) < 4.78 is 11.4. The van der Waals surface area contributed by atoms with Crippen molar-refractivity contribution in [1.82, 2.24) is 15.6 Å². The molecule has 0 spiro atoms. The van der Waals surface area contributed by atoms with Gasteiger partial charge in [0.05, 0.1) is 12.0 Å². The molecule has 0 aliphatic carbocycles. The van der Waals surface area contributed by atoms with E-state index in [2.05, 4.69) is 52.9 Å². The molecule has 0 bridgehead atoms. The van der Waals surface area contributed by atoms with Crippen LogP contribution in [0.5, 0.6) is 0 Å². The van der Waals surface area contributed by atoms with E-state index in [1.165, 1.54) is 5.56 Å². The zero-order valence-electron chi connectivity index (χ0n) is 26.8. The highest BCUT2D eigenvalue weighted by Gasteiger charge is 2.48. The number of rotatable bonds is 11. The predicted molar refractivity (Wildman–Crippen MR) is 170 cm³/mol. The maximum Gasteiger partial charge on any atom is 0.338 e. The Morgan fingerprint density at radius 2 is 1.75 bits per heavy atom. The van der Waals surface area contributed by atoms with Gasteiger partial charge in [-0.3, -0.25) is 14.6 Å². The van der Waals surface area contributed by atoms with Crippen molar-refractivity contribution in [3.8, 4) is 11.1 Å². The van der Waals surface area contributed by atoms with Crippen LogP contribution in [0.2, 0.25) is 0 Å². The van der Waals surface area contributed by atoms with Gasteiger partial charge in [-0.15, -0.1) is 0 Å². The number of cyclic esters (lactones) is 1. The average molecular weight is 600 g/mol. The number of hydrogen-bond donors (Lipinski definition) is 2. The van der Waals surface area contributed by atoms with E-state index in [-0.39, 0.29) is 11.9 Å². The number of aromatic nitrogens is 1. The second-order valence-electron chi connectivity index (χ2n) is 13.2. The SMILES string of the molecule is Cc1cccc(-c2ccccc2CCCC(C(=O)NC(C(=O)NC(C)c2cccnc2)C(C)(C)C)C2OC(C)(C)OC2=O)c1. The van der Waals surface area contributed by atoms with Gasteiger partial charge in [0.15, 0.2) is 6.10 Å². The predicted octanol–water partition coefficient (Wildman–Crippen LogP) is 6.08. The highest BCUT2D eigenvalue weighted by atomic mass is 16.8. The van der Waals surface area contributed by atoms with Crippen molar-refractivity contribution in [3.05, 3.63) is 89.7 Å². The van der Waals surface area contributed by atoms with Crippen LogP contribution in [-0.4, -0.2) is 40.7 Å². The Kier molecular flexibility index (Phi) is 10.3. The van der Waals surface area contributed by atoms with Gasteiger partial charge in [-0.1, -0.05) is 80.9 Å². The van der Waals surface area contributed by atoms with Crippen molar-refractivity contribution >= 4 is 17.8 Å². The highest BCUT2D eigenvalue weighted by Crippen LogP contribution is 2.32. The zero-order chi connectivity index (χ0) is 32.1. The maximum atomic E-state index is 14.0. The molecule has 234 valence electrons. The normalized spacial score (nSPS) is 18.2. The van der Waals surface area contributed by atoms with Gasteiger partial charge < -0.3 is 20.1 Å². The van der Waals surface area contributed by atoms with E-state index in [1.807, 2.05) is 58.0 Å². The number of hydrogen-bond acceptors (Lipinski definition) is 6. The summed E-state index contributed by atoms with van der Waals surface area (Å²) in [7, 11) is 0. The topological polar surface area (TPSA) is 107 Å². The Morgan fingerprint density at radius 1 is 1.00 bits per heavy atom. The van der Waals surface area contributed by atoms with Gasteiger partial charge in [-0.25, -0.2) is 4.79 Å². The Balaban J connectivity index is 1.53. The third-order valence-corrected chi connectivity index (χ3v) is 7.96. The number of aryl methyl sites for hydroxylation is 2. The number of esters is 1. The van der Waals surface area contributed by atoms with E-state index in [9.17, 15) is 14.4 Å². The fourth-order valence-electron chi connectivity index (χ4n) is 5.63. The first-order chi connectivity index (χ1) is 20.7. The van der Waals surface area contributed by atoms with Crippen LogP contribution in [0.15, 0.2) is 73.1 Å². The molecule has 4 atom stereocenters. The number of pyridine rings is 1. The Hall–Kier alpha value is -4.04. The van der Waals surface area contributed by atoms with Crippen molar-refractivity contribution in [2.75, 3.05) is 0 Å². The summed E-state index contributed by atoms with van der Waals surface area (Å²) in [6.07, 6.45) is 4.00. The van der Waals surface area contributed by atoms with Crippen LogP contribution in [0, 0.1) is 18.3 Å². The van der Waals surface area contributed by atoms with Crippen LogP contribution in [-0.2, 0) is 30.3 Å². The largest absolute Gasteiger partial charge is 0.432 e. The molecule has 2 amide bonds. The van der Waals surface area contributed by atoms with Crippen LogP contribution >= 0.6 is 0 Å². The van der Waals surface area contributed by atoms with Crippen LogP contribution < -0.4 is 10.6 Å². The number of benzene rings is 2. The number of carbonyl (C=O) groups excluding carboxylic acids is 3. The fourth-order valence-corrected chi connectivity index (χ4v) is 5.63. The summed E-state index contributed by atoms with van der Waals surface area (Å²) in [6.45, 7) is 12.9. The molecule has 1 aliphatic rings. The molecule has 1 aliphatic heterocycles. The smallest absolute Gasteiger partial charge is 0.338 e. The van der Waals surface area contributed by atoms with Gasteiger partial charge in [-0.2, -0.15) is 0 Å². The lowest BCUT2D eigenvalue weighted by Crippen LogP contribution is -2.56. The molecule has 1 saturated heterocycles. The fraction of sp³-hybridized carbons (Fsp3) is 0.444. The minimum atomic E-state index is -1.14. The van der Waals surface area contributed by atoms with Gasteiger partial charge in [0.1, 0.15) is 6.04 Å². The molecule has 4 unspecified atom stereocenters. The van der Waals surface area contributed by atoms with E-state index in [0.717, 1.165) is 22.3 Å². The quantitative estimate of drug-likeness (QED) is 0.259. The summed E-state index contributed by atoms with van der Waals surface area (Å²) in [6, 6.07) is 19.1. The number of amides is 2. The first-order valence-electron chi connectivity index (χ1n) is 15.3. The van der Waals surface area contributed by atoms with E-state index < -0.39 is 41.1 Å². The highest BCUT2D eigenvalue weighted by molar-refractivity contribution is 5.92. The van der Waals surface area contributed by atoms with Crippen LogP contribution in [0.3, 0.4) is 0 Å². The molecule has 0 saturated carbocycles. The molecule has 8 heteroatoms. The summed E-state index contributed by atoms with van der Waals surface area (Å²) in [5.41, 5.74) is 4.86. The monoisotopic (exact) mass is 599 g/mol. The average Bonchev–Trinajstić information content (AvgIpc) is 3.25. The number of carbonyl (C=O) groups is 3. The molecular weight excluding hydrogens is 554 g/mol. The van der Waals surface area contributed by atoms with Gasteiger partial charge in [-0.05, 0) is 66.8 Å². The van der Waals surface area contributed by atoms with Crippen molar-refractivity contribution in [2.45, 2.75) is 91.7 Å². The number of nitrogens with one attached hydrogen (secondary N) is 2. The molecule has 2 heterocycles. The third kappa shape index (κ3) is 8.32. The van der Waals surface area contributed by atoms with E-state index in [0.29, 0.717) is 19.3 Å². The first kappa shape index (κ1) is 32.9. The van der Waals surface area contributed by atoms with Crippen molar-refractivity contribution < 1.29 is 23.9 Å². The van der Waals surface area contributed by atoms with E-state index >= 15 is 0 Å². The first-order valence-corrected chi connectivity index (χ1v) is 15.3. The van der Waals surface area contributed by atoms with Crippen molar-refractivity contribution in [1.29, 1.82) is 0 Å². The van der Waals surface area contributed by atoms with Gasteiger partial charge in [0.2, 0.25) is 17.6 Å². The molecule has 3 aromatic rings. The molecule has 2 aromatic carbocycles. The summed E-state index contributed by atoms with van der Waals surface area (Å²) in [5, 5.41) is 5.99. The maximum absolute atomic E-state index is 14.0. The molecule has 8 nitrogen and oxygen atoms in total. The Bertz CT molecular complexity index is 1460. The molecular formula is C36H45N3O5. The number of ether oxygens (including phenoxy) is 2. The summed E-state index contributed by atoms with van der Waals surface area (Å²) >= 11 is 0.